The Morgan fingerprint density at radius 2 is 2.00 bits per heavy atom. The van der Waals surface area contributed by atoms with E-state index in [1.165, 1.54) is 17.0 Å². The van der Waals surface area contributed by atoms with Crippen molar-refractivity contribution >= 4 is 29.1 Å². The number of nitrogens with one attached hydrogen (secondary N) is 1. The van der Waals surface area contributed by atoms with Crippen molar-refractivity contribution in [2.24, 2.45) is 5.92 Å². The highest BCUT2D eigenvalue weighted by atomic mass is 35.5. The summed E-state index contributed by atoms with van der Waals surface area (Å²) in [5, 5.41) is 2.87. The van der Waals surface area contributed by atoms with E-state index in [0.29, 0.717) is 12.2 Å². The molecule has 0 radical (unpaired) electrons. The van der Waals surface area contributed by atoms with Gasteiger partial charge >= 0.3 is 0 Å². The van der Waals surface area contributed by atoms with Crippen LogP contribution in [0.2, 0.25) is 5.02 Å². The van der Waals surface area contributed by atoms with Gasteiger partial charge in [-0.3, -0.25) is 14.6 Å². The molecule has 26 heavy (non-hydrogen) atoms. The predicted molar refractivity (Wildman–Crippen MR) is 97.4 cm³/mol. The fraction of sp³-hybridized carbons (Fsp3) is 0.316. The first-order valence-corrected chi connectivity index (χ1v) is 8.68. The molecule has 0 spiro atoms. The van der Waals surface area contributed by atoms with E-state index in [1.54, 1.807) is 6.07 Å². The number of nitrogens with zero attached hydrogens (tertiary/aromatic N) is 2. The van der Waals surface area contributed by atoms with Gasteiger partial charge in [-0.25, -0.2) is 4.39 Å². The van der Waals surface area contributed by atoms with Crippen LogP contribution in [0.3, 0.4) is 0 Å². The van der Waals surface area contributed by atoms with Gasteiger partial charge in [-0.05, 0) is 49.7 Å². The SMILES string of the molecule is Cc1cc(CNC(=O)C2CC(=O)N(c3ccc(Cl)c(F)c3)C2)cc(C)n1. The molecule has 0 saturated carbocycles. The van der Waals surface area contributed by atoms with Gasteiger partial charge in [0.25, 0.3) is 0 Å². The Bertz CT molecular complexity index is 852. The van der Waals surface area contributed by atoms with Crippen LogP contribution in [0.25, 0.3) is 0 Å². The van der Waals surface area contributed by atoms with Crippen LogP contribution >= 0.6 is 11.6 Å². The minimum absolute atomic E-state index is 0.00220. The monoisotopic (exact) mass is 375 g/mol. The Labute approximate surface area is 156 Å². The molecule has 1 fully saturated rings. The number of carbonyl (C=O) groups excluding carboxylic acids is 2. The summed E-state index contributed by atoms with van der Waals surface area (Å²) in [6, 6.07) is 8.02. The molecule has 1 N–H and O–H groups in total. The first-order valence-electron chi connectivity index (χ1n) is 8.31. The van der Waals surface area contributed by atoms with E-state index in [9.17, 15) is 14.0 Å². The van der Waals surface area contributed by atoms with Gasteiger partial charge in [-0.2, -0.15) is 0 Å². The number of amides is 2. The van der Waals surface area contributed by atoms with Gasteiger partial charge < -0.3 is 10.2 Å². The maximum absolute atomic E-state index is 13.6. The maximum Gasteiger partial charge on any atom is 0.227 e. The largest absolute Gasteiger partial charge is 0.352 e. The third-order valence-corrected chi connectivity index (χ3v) is 4.63. The highest BCUT2D eigenvalue weighted by Gasteiger charge is 2.35. The second-order valence-corrected chi connectivity index (χ2v) is 6.89. The molecule has 1 saturated heterocycles. The first kappa shape index (κ1) is 18.3. The van der Waals surface area contributed by atoms with Gasteiger partial charge in [0.15, 0.2) is 0 Å². The van der Waals surface area contributed by atoms with Gasteiger partial charge in [0.2, 0.25) is 11.8 Å². The summed E-state index contributed by atoms with van der Waals surface area (Å²) >= 11 is 5.68. The van der Waals surface area contributed by atoms with Gasteiger partial charge in [-0.1, -0.05) is 11.6 Å². The number of aromatic nitrogens is 1. The van der Waals surface area contributed by atoms with E-state index in [-0.39, 0.29) is 29.8 Å². The number of benzene rings is 1. The lowest BCUT2D eigenvalue weighted by atomic mass is 10.1. The lowest BCUT2D eigenvalue weighted by Crippen LogP contribution is -2.32. The van der Waals surface area contributed by atoms with Crippen LogP contribution in [0.15, 0.2) is 30.3 Å². The Morgan fingerprint density at radius 3 is 2.65 bits per heavy atom. The molecule has 2 heterocycles. The van der Waals surface area contributed by atoms with Crippen molar-refractivity contribution in [1.82, 2.24) is 10.3 Å². The van der Waals surface area contributed by atoms with Gasteiger partial charge in [0.05, 0.1) is 10.9 Å². The smallest absolute Gasteiger partial charge is 0.227 e. The van der Waals surface area contributed by atoms with Crippen LogP contribution in [-0.2, 0) is 16.1 Å². The quantitative estimate of drug-likeness (QED) is 0.892. The minimum atomic E-state index is -0.590. The number of pyridine rings is 1. The van der Waals surface area contributed by atoms with Crippen molar-refractivity contribution < 1.29 is 14.0 Å². The van der Waals surface area contributed by atoms with E-state index >= 15 is 0 Å². The van der Waals surface area contributed by atoms with Crippen molar-refractivity contribution in [3.8, 4) is 0 Å². The van der Waals surface area contributed by atoms with Gasteiger partial charge in [0.1, 0.15) is 5.82 Å². The van der Waals surface area contributed by atoms with Crippen LogP contribution in [0, 0.1) is 25.6 Å². The average molecular weight is 376 g/mol. The summed E-state index contributed by atoms with van der Waals surface area (Å²) in [5.74, 6) is -1.46. The van der Waals surface area contributed by atoms with Crippen LogP contribution in [0.4, 0.5) is 10.1 Å². The highest BCUT2D eigenvalue weighted by Crippen LogP contribution is 2.28. The second kappa shape index (κ2) is 7.41. The number of hydrogen-bond donors (Lipinski definition) is 1. The Hall–Kier alpha value is -2.47. The average Bonchev–Trinajstić information content (AvgIpc) is 2.96. The summed E-state index contributed by atoms with van der Waals surface area (Å²) in [5.41, 5.74) is 3.15. The summed E-state index contributed by atoms with van der Waals surface area (Å²) in [4.78, 5) is 30.4. The molecule has 136 valence electrons. The zero-order valence-corrected chi connectivity index (χ0v) is 15.3. The number of aryl methyl sites for hydroxylation is 2. The van der Waals surface area contributed by atoms with E-state index in [4.69, 9.17) is 11.6 Å². The van der Waals surface area contributed by atoms with Crippen molar-refractivity contribution in [1.29, 1.82) is 0 Å². The van der Waals surface area contributed by atoms with Crippen LogP contribution in [0.5, 0.6) is 0 Å². The van der Waals surface area contributed by atoms with E-state index in [1.807, 2.05) is 26.0 Å². The molecule has 1 aliphatic rings. The van der Waals surface area contributed by atoms with E-state index < -0.39 is 11.7 Å². The molecular formula is C19H19ClFN3O2. The molecule has 0 aliphatic carbocycles. The third kappa shape index (κ3) is 4.02. The summed E-state index contributed by atoms with van der Waals surface area (Å²) in [7, 11) is 0. The molecule has 2 aromatic rings. The van der Waals surface area contributed by atoms with E-state index in [2.05, 4.69) is 10.3 Å². The number of halogens is 2. The number of anilines is 1. The molecule has 5 nitrogen and oxygen atoms in total. The van der Waals surface area contributed by atoms with Crippen LogP contribution in [0.1, 0.15) is 23.4 Å². The normalized spacial score (nSPS) is 16.8. The van der Waals surface area contributed by atoms with Crippen molar-refractivity contribution in [3.63, 3.8) is 0 Å². The van der Waals surface area contributed by atoms with Crippen LogP contribution < -0.4 is 10.2 Å². The number of rotatable bonds is 4. The van der Waals surface area contributed by atoms with Crippen LogP contribution in [-0.4, -0.2) is 23.3 Å². The molecule has 1 aliphatic heterocycles. The first-order chi connectivity index (χ1) is 12.3. The lowest BCUT2D eigenvalue weighted by Gasteiger charge is -2.17. The lowest BCUT2D eigenvalue weighted by molar-refractivity contribution is -0.126. The Balaban J connectivity index is 1.64. The van der Waals surface area contributed by atoms with E-state index in [0.717, 1.165) is 17.0 Å². The summed E-state index contributed by atoms with van der Waals surface area (Å²) in [6.07, 6.45) is 0.102. The zero-order valence-electron chi connectivity index (χ0n) is 14.6. The number of hydrogen-bond acceptors (Lipinski definition) is 3. The molecular weight excluding hydrogens is 357 g/mol. The van der Waals surface area contributed by atoms with Gasteiger partial charge in [-0.15, -0.1) is 0 Å². The molecule has 1 unspecified atom stereocenters. The molecule has 2 amide bonds. The summed E-state index contributed by atoms with van der Waals surface area (Å²) < 4.78 is 13.6. The molecule has 3 rings (SSSR count). The molecule has 1 aromatic heterocycles. The standard InChI is InChI=1S/C19H19ClFN3O2/c1-11-5-13(6-12(2)23-11)9-22-19(26)14-7-18(25)24(10-14)15-3-4-16(20)17(21)8-15/h3-6,8,14H,7,9-10H2,1-2H3,(H,22,26). The van der Waals surface area contributed by atoms with Crippen molar-refractivity contribution in [2.45, 2.75) is 26.8 Å². The maximum atomic E-state index is 13.6. The number of carbonyl (C=O) groups is 2. The molecule has 7 heteroatoms. The molecule has 1 aromatic carbocycles. The van der Waals surface area contributed by atoms with Crippen molar-refractivity contribution in [3.05, 3.63) is 58.1 Å². The van der Waals surface area contributed by atoms with Gasteiger partial charge in [0, 0.05) is 36.6 Å². The minimum Gasteiger partial charge on any atom is -0.352 e. The molecule has 1 atom stereocenters. The fourth-order valence-electron chi connectivity index (χ4n) is 3.14. The fourth-order valence-corrected chi connectivity index (χ4v) is 3.26. The third-order valence-electron chi connectivity index (χ3n) is 4.32. The summed E-state index contributed by atoms with van der Waals surface area (Å²) in [6.45, 7) is 4.40. The predicted octanol–water partition coefficient (Wildman–Crippen LogP) is 3.16. The second-order valence-electron chi connectivity index (χ2n) is 6.48. The Morgan fingerprint density at radius 1 is 1.31 bits per heavy atom. The highest BCUT2D eigenvalue weighted by molar-refractivity contribution is 6.30. The zero-order chi connectivity index (χ0) is 18.8. The topological polar surface area (TPSA) is 62.3 Å². The molecule has 0 bridgehead atoms. The van der Waals surface area contributed by atoms with Crippen molar-refractivity contribution in [2.75, 3.05) is 11.4 Å². The Kier molecular flexibility index (Phi) is 5.23.